The van der Waals surface area contributed by atoms with Crippen molar-refractivity contribution in [3.8, 4) is 16.9 Å². The molecule has 0 fully saturated rings. The topological polar surface area (TPSA) is 80.6 Å². The summed E-state index contributed by atoms with van der Waals surface area (Å²) in [5.74, 6) is 2.01. The monoisotopic (exact) mass is 502 g/mol. The van der Waals surface area contributed by atoms with E-state index in [1.54, 1.807) is 18.7 Å². The predicted molar refractivity (Wildman–Crippen MR) is 140 cm³/mol. The molecule has 0 aliphatic heterocycles. The number of nitrogens with one attached hydrogen (secondary N) is 1. The minimum absolute atomic E-state index is 0.0257. The number of hydrogen-bond donors (Lipinski definition) is 2. The summed E-state index contributed by atoms with van der Waals surface area (Å²) < 4.78 is 33.8. The van der Waals surface area contributed by atoms with Gasteiger partial charge in [-0.3, -0.25) is 14.8 Å². The van der Waals surface area contributed by atoms with E-state index in [1.165, 1.54) is 19.2 Å². The molecule has 0 bridgehead atoms. The third-order valence-corrected chi connectivity index (χ3v) is 6.65. The minimum atomic E-state index is -1.04. The molecule has 0 aliphatic rings. The smallest absolute Gasteiger partial charge is 0.258 e. The van der Waals surface area contributed by atoms with Gasteiger partial charge in [-0.2, -0.15) is 10.5 Å². The van der Waals surface area contributed by atoms with E-state index in [0.29, 0.717) is 0 Å². The molecule has 194 valence electrons. The van der Waals surface area contributed by atoms with Gasteiger partial charge in [0.2, 0.25) is 0 Å². The number of halogens is 2. The second kappa shape index (κ2) is 17.0. The molecular formula is C25H40F2N2O4S. The zero-order chi connectivity index (χ0) is 27.1. The maximum absolute atomic E-state index is 14.6. The van der Waals surface area contributed by atoms with Gasteiger partial charge in [0.15, 0.2) is 0 Å². The Labute approximate surface area is 204 Å². The maximum atomic E-state index is 14.6. The lowest BCUT2D eigenvalue weighted by Gasteiger charge is -2.28. The highest BCUT2D eigenvalue weighted by Gasteiger charge is 2.33. The number of aryl methyl sites for hydroxylation is 1. The summed E-state index contributed by atoms with van der Waals surface area (Å²) in [5.41, 5.74) is 0.849. The number of rotatable bonds is 7. The third kappa shape index (κ3) is 8.68. The van der Waals surface area contributed by atoms with E-state index in [4.69, 9.17) is 9.94 Å². The number of hydrogen-bond acceptors (Lipinski definition) is 4. The summed E-state index contributed by atoms with van der Waals surface area (Å²) >= 11 is 0. The van der Waals surface area contributed by atoms with Crippen molar-refractivity contribution in [1.82, 2.24) is 10.0 Å². The summed E-state index contributed by atoms with van der Waals surface area (Å²) in [6.07, 6.45) is 2.86. The fourth-order valence-corrected chi connectivity index (χ4v) is 3.47. The average Bonchev–Trinajstić information content (AvgIpc) is 2.87. The number of nitrogens with zero attached hydrogens (tertiary/aromatic N) is 1. The van der Waals surface area contributed by atoms with Crippen molar-refractivity contribution < 1.29 is 23.5 Å². The molecule has 2 unspecified atom stereocenters. The van der Waals surface area contributed by atoms with Crippen molar-refractivity contribution in [1.29, 1.82) is 0 Å². The van der Waals surface area contributed by atoms with Crippen molar-refractivity contribution in [3.63, 3.8) is 0 Å². The number of amides is 1. The molecule has 1 heterocycles. The minimum Gasteiger partial charge on any atom is -0.497 e. The van der Waals surface area contributed by atoms with E-state index in [2.05, 4.69) is 5.87 Å². The standard InChI is InChI=1S/C19H22F2N2O4S.3C2H6/c1-19(28(3)4,18(25)22-26)7-8-23-11-16(21)14(10-17(23)24)13-6-5-12(27-2)9-15(13)20;3*1-2/h5-6,9-11,26H,3,7-8H2,1-2,4H3,(H,22,25);3*1-2H3. The number of pyridine rings is 1. The molecule has 0 saturated carbocycles. The van der Waals surface area contributed by atoms with Crippen LogP contribution in [0.4, 0.5) is 8.78 Å². The van der Waals surface area contributed by atoms with Crippen molar-refractivity contribution in [2.45, 2.75) is 66.2 Å². The first-order valence-electron chi connectivity index (χ1n) is 11.3. The van der Waals surface area contributed by atoms with Gasteiger partial charge in [0, 0.05) is 36.0 Å². The Morgan fingerprint density at radius 1 is 1.12 bits per heavy atom. The van der Waals surface area contributed by atoms with E-state index >= 15 is 0 Å². The maximum Gasteiger partial charge on any atom is 0.258 e. The molecule has 1 amide bonds. The van der Waals surface area contributed by atoms with Crippen LogP contribution in [0.1, 0.15) is 54.9 Å². The second-order valence-corrected chi connectivity index (χ2v) is 8.65. The Balaban J connectivity index is 0. The van der Waals surface area contributed by atoms with Crippen molar-refractivity contribution in [2.24, 2.45) is 0 Å². The molecule has 2 rings (SSSR count). The summed E-state index contributed by atoms with van der Waals surface area (Å²) in [7, 11) is 0.716. The van der Waals surface area contributed by atoms with Gasteiger partial charge < -0.3 is 9.30 Å². The zero-order valence-electron chi connectivity index (χ0n) is 21.8. The van der Waals surface area contributed by atoms with E-state index in [-0.39, 0.29) is 29.8 Å². The van der Waals surface area contributed by atoms with Gasteiger partial charge in [-0.25, -0.2) is 14.3 Å². The molecule has 0 spiro atoms. The number of methoxy groups -OCH3 is 1. The van der Waals surface area contributed by atoms with Gasteiger partial charge in [-0.1, -0.05) is 47.4 Å². The molecule has 0 aliphatic carbocycles. The number of benzene rings is 1. The zero-order valence-corrected chi connectivity index (χ0v) is 22.6. The quantitative estimate of drug-likeness (QED) is 0.282. The number of carbonyl (C=O) groups excluding carboxylic acids is 1. The van der Waals surface area contributed by atoms with Crippen LogP contribution in [-0.4, -0.2) is 39.7 Å². The first-order chi connectivity index (χ1) is 16.1. The van der Waals surface area contributed by atoms with Crippen LogP contribution < -0.4 is 15.8 Å². The van der Waals surface area contributed by atoms with Crippen LogP contribution in [0.5, 0.6) is 5.75 Å². The van der Waals surface area contributed by atoms with Gasteiger partial charge >= 0.3 is 0 Å². The molecule has 2 N–H and O–H groups in total. The number of ether oxygens (including phenoxy) is 1. The van der Waals surface area contributed by atoms with Crippen LogP contribution in [0.15, 0.2) is 35.3 Å². The van der Waals surface area contributed by atoms with Gasteiger partial charge in [-0.05, 0) is 31.7 Å². The molecule has 2 atom stereocenters. The van der Waals surface area contributed by atoms with E-state index in [9.17, 15) is 18.4 Å². The van der Waals surface area contributed by atoms with Crippen molar-refractivity contribution >= 4 is 22.3 Å². The Morgan fingerprint density at radius 2 is 1.68 bits per heavy atom. The molecular weight excluding hydrogens is 462 g/mol. The molecule has 1 aromatic heterocycles. The summed E-state index contributed by atoms with van der Waals surface area (Å²) in [5, 5.41) is 8.95. The van der Waals surface area contributed by atoms with Crippen LogP contribution >= 0.6 is 10.5 Å². The highest BCUT2D eigenvalue weighted by atomic mass is 32.2. The van der Waals surface area contributed by atoms with Gasteiger partial charge in [-0.15, -0.1) is 0 Å². The third-order valence-electron chi connectivity index (χ3n) is 4.72. The second-order valence-electron chi connectivity index (χ2n) is 6.47. The first-order valence-corrected chi connectivity index (χ1v) is 13.1. The Bertz CT molecular complexity index is 980. The van der Waals surface area contributed by atoms with Crippen LogP contribution in [-0.2, 0) is 11.3 Å². The fraction of sp³-hybridized carbons (Fsp3) is 0.480. The van der Waals surface area contributed by atoms with Crippen LogP contribution in [0.3, 0.4) is 0 Å². The molecule has 0 radical (unpaired) electrons. The lowest BCUT2D eigenvalue weighted by molar-refractivity contribution is -0.131. The van der Waals surface area contributed by atoms with E-state index in [0.717, 1.165) is 22.9 Å². The molecule has 2 aromatic rings. The van der Waals surface area contributed by atoms with Crippen LogP contribution in [0, 0.1) is 11.6 Å². The molecule has 6 nitrogen and oxygen atoms in total. The van der Waals surface area contributed by atoms with E-state index < -0.39 is 38.3 Å². The Hall–Kier alpha value is -2.52. The Morgan fingerprint density at radius 3 is 2.12 bits per heavy atom. The SMILES string of the molecule is C=S(C)C(C)(CCn1cc(F)c(-c2ccc(OC)cc2F)cc1=O)C(=O)NO.CC.CC.CC. The highest BCUT2D eigenvalue weighted by molar-refractivity contribution is 8.15. The van der Waals surface area contributed by atoms with Gasteiger partial charge in [0.05, 0.1) is 11.9 Å². The lowest BCUT2D eigenvalue weighted by Crippen LogP contribution is -2.42. The Kier molecular flexibility index (Phi) is 16.8. The van der Waals surface area contributed by atoms with Crippen LogP contribution in [0.25, 0.3) is 11.1 Å². The lowest BCUT2D eigenvalue weighted by atomic mass is 10.0. The number of carbonyl (C=O) groups is 1. The highest BCUT2D eigenvalue weighted by Crippen LogP contribution is 2.32. The summed E-state index contributed by atoms with van der Waals surface area (Å²) in [4.78, 5) is 24.4. The van der Waals surface area contributed by atoms with E-state index in [1.807, 2.05) is 41.5 Å². The normalized spacial score (nSPS) is 12.2. The predicted octanol–water partition coefficient (Wildman–Crippen LogP) is 5.87. The fourth-order valence-electron chi connectivity index (χ4n) is 2.67. The number of hydroxylamine groups is 1. The van der Waals surface area contributed by atoms with Crippen molar-refractivity contribution in [3.05, 3.63) is 52.5 Å². The molecule has 0 saturated heterocycles. The molecule has 34 heavy (non-hydrogen) atoms. The summed E-state index contributed by atoms with van der Waals surface area (Å²) in [6, 6.07) is 4.93. The molecule has 1 aromatic carbocycles. The van der Waals surface area contributed by atoms with Gasteiger partial charge in [0.1, 0.15) is 17.4 Å². The number of aromatic nitrogens is 1. The first kappa shape index (κ1) is 33.7. The summed E-state index contributed by atoms with van der Waals surface area (Å²) in [6.45, 7) is 13.6. The average molecular weight is 503 g/mol. The van der Waals surface area contributed by atoms with Gasteiger partial charge in [0.25, 0.3) is 11.5 Å². The largest absolute Gasteiger partial charge is 0.497 e. The van der Waals surface area contributed by atoms with Crippen molar-refractivity contribution in [2.75, 3.05) is 13.4 Å². The van der Waals surface area contributed by atoms with Crippen LogP contribution in [0.2, 0.25) is 0 Å². The molecule has 9 heteroatoms.